The summed E-state index contributed by atoms with van der Waals surface area (Å²) in [6.45, 7) is 4.36. The lowest BCUT2D eigenvalue weighted by atomic mass is 10.3. The molecule has 0 spiro atoms. The average Bonchev–Trinajstić information content (AvgIpc) is 2.46. The quantitative estimate of drug-likeness (QED) is 0.706. The van der Waals surface area contributed by atoms with Crippen molar-refractivity contribution in [1.82, 2.24) is 24.1 Å². The van der Waals surface area contributed by atoms with Crippen molar-refractivity contribution in [3.05, 3.63) is 17.7 Å². The van der Waals surface area contributed by atoms with E-state index in [0.717, 1.165) is 26.2 Å². The van der Waals surface area contributed by atoms with Gasteiger partial charge in [0.05, 0.1) is 12.4 Å². The van der Waals surface area contributed by atoms with Crippen molar-refractivity contribution in [3.8, 4) is 0 Å². The molecule has 7 nitrogen and oxygen atoms in total. The van der Waals surface area contributed by atoms with Gasteiger partial charge in [0.1, 0.15) is 4.90 Å². The number of halogens is 1. The maximum Gasteiger partial charge on any atom is 0.246 e. The van der Waals surface area contributed by atoms with E-state index in [9.17, 15) is 8.42 Å². The fraction of sp³-hybridized carbons (Fsp3) is 0.667. The van der Waals surface area contributed by atoms with Crippen LogP contribution >= 0.6 is 11.6 Å². The van der Waals surface area contributed by atoms with Gasteiger partial charge in [-0.1, -0.05) is 0 Å². The number of likely N-dealkylation sites (N-methyl/N-ethyl adjacent to an activating group) is 1. The maximum absolute atomic E-state index is 12.4. The second-order valence-electron chi connectivity index (χ2n) is 5.24. The van der Waals surface area contributed by atoms with E-state index < -0.39 is 10.0 Å². The molecule has 1 aromatic heterocycles. The number of aromatic nitrogens is 2. The van der Waals surface area contributed by atoms with Crippen LogP contribution in [-0.4, -0.2) is 85.9 Å². The van der Waals surface area contributed by atoms with Crippen LogP contribution in [-0.2, 0) is 10.0 Å². The van der Waals surface area contributed by atoms with Crippen LogP contribution in [0.25, 0.3) is 0 Å². The Morgan fingerprint density at radius 1 is 1.19 bits per heavy atom. The lowest BCUT2D eigenvalue weighted by Crippen LogP contribution is -2.49. The number of piperazine rings is 1. The number of nitrogens with zero attached hydrogens (tertiary/aromatic N) is 5. The standard InChI is InChI=1S/C12H20ClN5O2S/c1-16(2)3-4-17-5-7-18(8-6-17)21(19,20)11-9-14-12(13)15-10-11/h9-10H,3-8H2,1-2H3. The lowest BCUT2D eigenvalue weighted by molar-refractivity contribution is 0.174. The van der Waals surface area contributed by atoms with Crippen LogP contribution in [0.15, 0.2) is 17.3 Å². The van der Waals surface area contributed by atoms with Gasteiger partial charge in [0.15, 0.2) is 0 Å². The molecule has 0 N–H and O–H groups in total. The first-order valence-corrected chi connectivity index (χ1v) is 8.56. The summed E-state index contributed by atoms with van der Waals surface area (Å²) in [5.74, 6) is 0. The summed E-state index contributed by atoms with van der Waals surface area (Å²) >= 11 is 5.59. The SMILES string of the molecule is CN(C)CCN1CCN(S(=O)(=O)c2cnc(Cl)nc2)CC1. The van der Waals surface area contributed by atoms with Gasteiger partial charge in [-0.2, -0.15) is 4.31 Å². The Morgan fingerprint density at radius 3 is 2.29 bits per heavy atom. The molecule has 118 valence electrons. The van der Waals surface area contributed by atoms with Crippen LogP contribution in [0.5, 0.6) is 0 Å². The Morgan fingerprint density at radius 2 is 1.76 bits per heavy atom. The second-order valence-corrected chi connectivity index (χ2v) is 7.51. The minimum absolute atomic E-state index is 0.0439. The first kappa shape index (κ1) is 16.6. The van der Waals surface area contributed by atoms with E-state index >= 15 is 0 Å². The minimum Gasteiger partial charge on any atom is -0.308 e. The monoisotopic (exact) mass is 333 g/mol. The molecule has 0 radical (unpaired) electrons. The van der Waals surface area contributed by atoms with Gasteiger partial charge in [0.2, 0.25) is 15.3 Å². The van der Waals surface area contributed by atoms with Gasteiger partial charge in [-0.05, 0) is 25.7 Å². The smallest absolute Gasteiger partial charge is 0.246 e. The van der Waals surface area contributed by atoms with E-state index in [0.29, 0.717) is 13.1 Å². The van der Waals surface area contributed by atoms with E-state index in [1.165, 1.54) is 16.7 Å². The third kappa shape index (κ3) is 4.33. The highest BCUT2D eigenvalue weighted by atomic mass is 35.5. The van der Waals surface area contributed by atoms with Crippen LogP contribution in [0, 0.1) is 0 Å². The van der Waals surface area contributed by atoms with E-state index in [4.69, 9.17) is 11.6 Å². The lowest BCUT2D eigenvalue weighted by Gasteiger charge is -2.34. The summed E-state index contributed by atoms with van der Waals surface area (Å²) in [5, 5.41) is 0.0439. The predicted octanol–water partition coefficient (Wildman–Crippen LogP) is -0.00210. The van der Waals surface area contributed by atoms with Crippen LogP contribution in [0.3, 0.4) is 0 Å². The molecule has 0 atom stereocenters. The van der Waals surface area contributed by atoms with Crippen LogP contribution in [0.2, 0.25) is 5.28 Å². The van der Waals surface area contributed by atoms with E-state index in [-0.39, 0.29) is 10.2 Å². The van der Waals surface area contributed by atoms with E-state index in [1.54, 1.807) is 0 Å². The van der Waals surface area contributed by atoms with Crippen molar-refractivity contribution in [1.29, 1.82) is 0 Å². The highest BCUT2D eigenvalue weighted by Gasteiger charge is 2.28. The highest BCUT2D eigenvalue weighted by Crippen LogP contribution is 2.16. The van der Waals surface area contributed by atoms with Crippen LogP contribution in [0.1, 0.15) is 0 Å². The summed E-state index contributed by atoms with van der Waals surface area (Å²) in [5.41, 5.74) is 0. The zero-order chi connectivity index (χ0) is 15.5. The van der Waals surface area contributed by atoms with Gasteiger partial charge in [-0.3, -0.25) is 4.90 Å². The van der Waals surface area contributed by atoms with Crippen molar-refractivity contribution in [2.75, 3.05) is 53.4 Å². The molecular weight excluding hydrogens is 314 g/mol. The number of hydrogen-bond donors (Lipinski definition) is 0. The molecule has 1 saturated heterocycles. The van der Waals surface area contributed by atoms with Crippen molar-refractivity contribution in [3.63, 3.8) is 0 Å². The van der Waals surface area contributed by atoms with E-state index in [1.807, 2.05) is 14.1 Å². The highest BCUT2D eigenvalue weighted by molar-refractivity contribution is 7.89. The molecular formula is C12H20ClN5O2S. The summed E-state index contributed by atoms with van der Waals surface area (Å²) in [6, 6.07) is 0. The molecule has 0 aromatic carbocycles. The molecule has 0 unspecified atom stereocenters. The Balaban J connectivity index is 1.96. The second kappa shape index (κ2) is 6.97. The fourth-order valence-corrected chi connectivity index (χ4v) is 3.53. The van der Waals surface area contributed by atoms with Gasteiger partial charge in [-0.25, -0.2) is 18.4 Å². The molecule has 1 aromatic rings. The number of sulfonamides is 1. The van der Waals surface area contributed by atoms with Gasteiger partial charge in [-0.15, -0.1) is 0 Å². The third-order valence-electron chi connectivity index (χ3n) is 3.43. The Bertz CT molecular complexity index is 556. The Labute approximate surface area is 130 Å². The fourth-order valence-electron chi connectivity index (χ4n) is 2.12. The topological polar surface area (TPSA) is 69.6 Å². The molecule has 2 heterocycles. The molecule has 1 aliphatic rings. The predicted molar refractivity (Wildman–Crippen MR) is 80.8 cm³/mol. The minimum atomic E-state index is -3.52. The molecule has 0 bridgehead atoms. The molecule has 0 aliphatic carbocycles. The third-order valence-corrected chi connectivity index (χ3v) is 5.48. The first-order valence-electron chi connectivity index (χ1n) is 6.74. The zero-order valence-electron chi connectivity index (χ0n) is 12.2. The number of rotatable bonds is 5. The summed E-state index contributed by atoms with van der Waals surface area (Å²) < 4.78 is 26.4. The first-order chi connectivity index (χ1) is 9.89. The largest absolute Gasteiger partial charge is 0.308 e. The molecule has 0 saturated carbocycles. The van der Waals surface area contributed by atoms with Gasteiger partial charge < -0.3 is 4.90 Å². The van der Waals surface area contributed by atoms with Crippen molar-refractivity contribution in [2.45, 2.75) is 4.90 Å². The summed E-state index contributed by atoms with van der Waals surface area (Å²) in [6.07, 6.45) is 2.51. The van der Waals surface area contributed by atoms with Crippen molar-refractivity contribution >= 4 is 21.6 Å². The van der Waals surface area contributed by atoms with Gasteiger partial charge >= 0.3 is 0 Å². The molecule has 0 amide bonds. The zero-order valence-corrected chi connectivity index (χ0v) is 13.8. The molecule has 21 heavy (non-hydrogen) atoms. The average molecular weight is 334 g/mol. The summed E-state index contributed by atoms with van der Waals surface area (Å²) in [7, 11) is 0.537. The van der Waals surface area contributed by atoms with Crippen molar-refractivity contribution < 1.29 is 8.42 Å². The normalized spacial score (nSPS) is 18.3. The van der Waals surface area contributed by atoms with Crippen molar-refractivity contribution in [2.24, 2.45) is 0 Å². The summed E-state index contributed by atoms with van der Waals surface area (Å²) in [4.78, 5) is 12.0. The van der Waals surface area contributed by atoms with Crippen LogP contribution < -0.4 is 0 Å². The molecule has 9 heteroatoms. The molecule has 1 aliphatic heterocycles. The van der Waals surface area contributed by atoms with Gasteiger partial charge in [0, 0.05) is 39.3 Å². The molecule has 1 fully saturated rings. The van der Waals surface area contributed by atoms with Gasteiger partial charge in [0.25, 0.3) is 0 Å². The Kier molecular flexibility index (Phi) is 5.50. The molecule has 2 rings (SSSR count). The Hall–Kier alpha value is -0.800. The van der Waals surface area contributed by atoms with Crippen LogP contribution in [0.4, 0.5) is 0 Å². The number of hydrogen-bond acceptors (Lipinski definition) is 6. The van der Waals surface area contributed by atoms with E-state index in [2.05, 4.69) is 19.8 Å². The maximum atomic E-state index is 12.4.